The first-order valence-corrected chi connectivity index (χ1v) is 6.21. The zero-order valence-corrected chi connectivity index (χ0v) is 9.57. The molecule has 0 aromatic heterocycles. The van der Waals surface area contributed by atoms with E-state index in [1.165, 1.54) is 12.8 Å². The monoisotopic (exact) mass is 208 g/mol. The third-order valence-corrected chi connectivity index (χ3v) is 4.18. The van der Waals surface area contributed by atoms with E-state index in [-0.39, 0.29) is 6.04 Å². The van der Waals surface area contributed by atoms with Gasteiger partial charge in [-0.15, -0.1) is 0 Å². The number of nitrogens with zero attached hydrogens (tertiary/aromatic N) is 1. The van der Waals surface area contributed by atoms with Crippen molar-refractivity contribution in [2.45, 2.75) is 38.8 Å². The molecule has 3 nitrogen and oxygen atoms in total. The molecule has 1 N–H and O–H groups in total. The molecule has 2 saturated heterocycles. The summed E-state index contributed by atoms with van der Waals surface area (Å²) in [6.07, 6.45) is 2.66. The topological polar surface area (TPSA) is 42.2 Å². The van der Waals surface area contributed by atoms with Crippen molar-refractivity contribution in [1.82, 2.24) is 10.2 Å². The number of nitrogens with one attached hydrogen (secondary N) is 1. The lowest BCUT2D eigenvalue weighted by atomic mass is 9.88. The van der Waals surface area contributed by atoms with Gasteiger partial charge in [0.15, 0.2) is 0 Å². The third-order valence-electron chi connectivity index (χ3n) is 4.18. The molecule has 0 radical (unpaired) electrons. The first-order valence-electron chi connectivity index (χ1n) is 6.21. The predicted octanol–water partition coefficient (Wildman–Crippen LogP) is 0.851. The van der Waals surface area contributed by atoms with E-state index in [9.17, 15) is 4.79 Å². The van der Waals surface area contributed by atoms with Gasteiger partial charge in [0.25, 0.3) is 0 Å². The van der Waals surface area contributed by atoms with Crippen molar-refractivity contribution in [1.29, 1.82) is 0 Å². The summed E-state index contributed by atoms with van der Waals surface area (Å²) in [5.74, 6) is 2.65. The van der Waals surface area contributed by atoms with Crippen molar-refractivity contribution >= 4 is 5.91 Å². The fourth-order valence-electron chi connectivity index (χ4n) is 2.55. The molecule has 0 aromatic rings. The Morgan fingerprint density at radius 2 is 2.00 bits per heavy atom. The zero-order valence-electron chi connectivity index (χ0n) is 9.57. The summed E-state index contributed by atoms with van der Waals surface area (Å²) in [5, 5.41) is 3.33. The van der Waals surface area contributed by atoms with Gasteiger partial charge >= 0.3 is 0 Å². The summed E-state index contributed by atoms with van der Waals surface area (Å²) in [7, 11) is 0. The maximum absolute atomic E-state index is 12.0. The van der Waals surface area contributed by atoms with Gasteiger partial charge < -0.3 is 4.90 Å². The lowest BCUT2D eigenvalue weighted by Crippen LogP contribution is -2.53. The standard InChI is InChI=1S/C12H20N2O/c1-7(2)9-5-14(6-9)12(15)11-10(13-11)8-3-4-8/h7-11,13H,3-6H2,1-2H3. The second-order valence-corrected chi connectivity index (χ2v) is 5.75. The number of hydrogen-bond donors (Lipinski definition) is 1. The van der Waals surface area contributed by atoms with E-state index >= 15 is 0 Å². The van der Waals surface area contributed by atoms with E-state index in [0.717, 1.165) is 30.8 Å². The molecule has 84 valence electrons. The van der Waals surface area contributed by atoms with Crippen LogP contribution in [0.2, 0.25) is 0 Å². The number of likely N-dealkylation sites (tertiary alicyclic amines) is 1. The summed E-state index contributed by atoms with van der Waals surface area (Å²) >= 11 is 0. The van der Waals surface area contributed by atoms with Gasteiger partial charge in [-0.05, 0) is 30.6 Å². The summed E-state index contributed by atoms with van der Waals surface area (Å²) in [5.41, 5.74) is 0. The van der Waals surface area contributed by atoms with E-state index in [1.54, 1.807) is 0 Å². The van der Waals surface area contributed by atoms with Crippen molar-refractivity contribution in [2.75, 3.05) is 13.1 Å². The molecule has 15 heavy (non-hydrogen) atoms. The molecule has 2 unspecified atom stereocenters. The summed E-state index contributed by atoms with van der Waals surface area (Å²) in [4.78, 5) is 14.0. The van der Waals surface area contributed by atoms with E-state index < -0.39 is 0 Å². The highest BCUT2D eigenvalue weighted by Crippen LogP contribution is 2.40. The second-order valence-electron chi connectivity index (χ2n) is 5.75. The average molecular weight is 208 g/mol. The predicted molar refractivity (Wildman–Crippen MR) is 58.3 cm³/mol. The Morgan fingerprint density at radius 1 is 1.33 bits per heavy atom. The highest BCUT2D eigenvalue weighted by Gasteiger charge is 2.53. The molecule has 2 aliphatic heterocycles. The van der Waals surface area contributed by atoms with Gasteiger partial charge in [-0.2, -0.15) is 0 Å². The minimum atomic E-state index is 0.186. The van der Waals surface area contributed by atoms with Crippen LogP contribution in [0.5, 0.6) is 0 Å². The highest BCUT2D eigenvalue weighted by atomic mass is 16.2. The molecule has 3 aliphatic rings. The van der Waals surface area contributed by atoms with Gasteiger partial charge in [0.1, 0.15) is 6.04 Å². The average Bonchev–Trinajstić information content (AvgIpc) is 2.95. The molecule has 0 spiro atoms. The quantitative estimate of drug-likeness (QED) is 0.699. The third kappa shape index (κ3) is 1.67. The number of rotatable bonds is 3. The largest absolute Gasteiger partial charge is 0.341 e. The van der Waals surface area contributed by atoms with Crippen LogP contribution in [0.3, 0.4) is 0 Å². The summed E-state index contributed by atoms with van der Waals surface area (Å²) in [6, 6.07) is 0.723. The lowest BCUT2D eigenvalue weighted by molar-refractivity contribution is -0.138. The van der Waals surface area contributed by atoms with Gasteiger partial charge in [-0.3, -0.25) is 10.1 Å². The van der Waals surface area contributed by atoms with Gasteiger partial charge in [-0.25, -0.2) is 0 Å². The molecule has 3 fully saturated rings. The Morgan fingerprint density at radius 3 is 2.53 bits per heavy atom. The minimum Gasteiger partial charge on any atom is -0.341 e. The Hall–Kier alpha value is -0.570. The molecule has 1 saturated carbocycles. The fourth-order valence-corrected chi connectivity index (χ4v) is 2.55. The maximum Gasteiger partial charge on any atom is 0.241 e. The van der Waals surface area contributed by atoms with Crippen LogP contribution in [0.25, 0.3) is 0 Å². The van der Waals surface area contributed by atoms with E-state index in [2.05, 4.69) is 19.2 Å². The SMILES string of the molecule is CC(C)C1CN(C(=O)C2NC2C2CC2)C1. The Labute approximate surface area is 91.2 Å². The number of carbonyl (C=O) groups is 1. The van der Waals surface area contributed by atoms with Crippen molar-refractivity contribution < 1.29 is 4.79 Å². The van der Waals surface area contributed by atoms with Crippen LogP contribution in [0.1, 0.15) is 26.7 Å². The van der Waals surface area contributed by atoms with Crippen molar-refractivity contribution in [3.05, 3.63) is 0 Å². The van der Waals surface area contributed by atoms with Crippen LogP contribution < -0.4 is 5.32 Å². The van der Waals surface area contributed by atoms with E-state index in [1.807, 2.05) is 4.90 Å². The first-order chi connectivity index (χ1) is 7.16. The fraction of sp³-hybridized carbons (Fsp3) is 0.917. The van der Waals surface area contributed by atoms with Crippen LogP contribution >= 0.6 is 0 Å². The van der Waals surface area contributed by atoms with Gasteiger partial charge in [0.05, 0.1) is 0 Å². The minimum absolute atomic E-state index is 0.186. The normalized spacial score (nSPS) is 35.5. The molecular formula is C12H20N2O. The Balaban J connectivity index is 1.47. The van der Waals surface area contributed by atoms with Crippen LogP contribution in [0, 0.1) is 17.8 Å². The molecule has 0 bridgehead atoms. The highest BCUT2D eigenvalue weighted by molar-refractivity contribution is 5.86. The second kappa shape index (κ2) is 3.21. The van der Waals surface area contributed by atoms with Crippen molar-refractivity contribution in [2.24, 2.45) is 17.8 Å². The zero-order chi connectivity index (χ0) is 10.6. The first kappa shape index (κ1) is 9.64. The molecule has 3 heteroatoms. The number of hydrogen-bond acceptors (Lipinski definition) is 2. The van der Waals surface area contributed by atoms with Crippen molar-refractivity contribution in [3.63, 3.8) is 0 Å². The summed E-state index contributed by atoms with van der Waals surface area (Å²) in [6.45, 7) is 6.47. The number of carbonyl (C=O) groups excluding carboxylic acids is 1. The number of amides is 1. The lowest BCUT2D eigenvalue weighted by Gasteiger charge is -2.41. The smallest absolute Gasteiger partial charge is 0.241 e. The molecule has 2 atom stereocenters. The molecule has 2 heterocycles. The van der Waals surface area contributed by atoms with E-state index in [4.69, 9.17) is 0 Å². The Bertz CT molecular complexity index is 279. The van der Waals surface area contributed by atoms with Crippen molar-refractivity contribution in [3.8, 4) is 0 Å². The molecule has 0 aromatic carbocycles. The molecule has 1 amide bonds. The van der Waals surface area contributed by atoms with Crippen LogP contribution in [0.15, 0.2) is 0 Å². The Kier molecular flexibility index (Phi) is 2.06. The molecular weight excluding hydrogens is 188 g/mol. The summed E-state index contributed by atoms with van der Waals surface area (Å²) < 4.78 is 0. The molecule has 1 aliphatic carbocycles. The van der Waals surface area contributed by atoms with Gasteiger partial charge in [0, 0.05) is 19.1 Å². The molecule has 3 rings (SSSR count). The van der Waals surface area contributed by atoms with Gasteiger partial charge in [0.2, 0.25) is 5.91 Å². The van der Waals surface area contributed by atoms with E-state index in [0.29, 0.717) is 11.9 Å². The van der Waals surface area contributed by atoms with Crippen LogP contribution in [0.4, 0.5) is 0 Å². The van der Waals surface area contributed by atoms with Crippen LogP contribution in [-0.2, 0) is 4.79 Å². The van der Waals surface area contributed by atoms with Gasteiger partial charge in [-0.1, -0.05) is 13.8 Å². The maximum atomic E-state index is 12.0. The van der Waals surface area contributed by atoms with Crippen LogP contribution in [-0.4, -0.2) is 36.0 Å².